The Morgan fingerprint density at radius 1 is 1.35 bits per heavy atom. The van der Waals surface area contributed by atoms with Crippen LogP contribution in [0.15, 0.2) is 28.7 Å². The van der Waals surface area contributed by atoms with Crippen molar-refractivity contribution in [1.29, 1.82) is 0 Å². The molecule has 0 bridgehead atoms. The molecule has 0 aliphatic heterocycles. The Kier molecular flexibility index (Phi) is 4.28. The third kappa shape index (κ3) is 2.77. The maximum Gasteiger partial charge on any atom is 0.255 e. The predicted octanol–water partition coefficient (Wildman–Crippen LogP) is 3.29. The van der Waals surface area contributed by atoms with Gasteiger partial charge in [-0.3, -0.25) is 9.48 Å². The maximum atomic E-state index is 12.4. The smallest absolute Gasteiger partial charge is 0.255 e. The van der Waals surface area contributed by atoms with Gasteiger partial charge in [0.1, 0.15) is 0 Å². The van der Waals surface area contributed by atoms with Crippen molar-refractivity contribution in [3.05, 3.63) is 51.3 Å². The molecule has 2 rings (SSSR count). The van der Waals surface area contributed by atoms with Crippen LogP contribution in [0.25, 0.3) is 0 Å². The number of carbonyl (C=O) groups excluding carboxylic acids is 1. The van der Waals surface area contributed by atoms with Gasteiger partial charge in [-0.25, -0.2) is 0 Å². The topological polar surface area (TPSA) is 46.9 Å². The number of halogens is 1. The van der Waals surface area contributed by atoms with Crippen LogP contribution in [0.1, 0.15) is 40.3 Å². The van der Waals surface area contributed by atoms with E-state index < -0.39 is 0 Å². The number of rotatable bonds is 3. The average molecular weight is 336 g/mol. The van der Waals surface area contributed by atoms with Crippen molar-refractivity contribution in [3.8, 4) is 0 Å². The Balaban J connectivity index is 2.22. The highest BCUT2D eigenvalue weighted by atomic mass is 79.9. The van der Waals surface area contributed by atoms with Gasteiger partial charge in [0.2, 0.25) is 0 Å². The second-order valence-electron chi connectivity index (χ2n) is 4.89. The number of hydrogen-bond donors (Lipinski definition) is 1. The summed E-state index contributed by atoms with van der Waals surface area (Å²) in [5.41, 5.74) is 3.34. The van der Waals surface area contributed by atoms with Gasteiger partial charge in [-0.05, 0) is 32.4 Å². The number of carbonyl (C=O) groups is 1. The van der Waals surface area contributed by atoms with Gasteiger partial charge in [0.25, 0.3) is 5.91 Å². The molecular weight excluding hydrogens is 318 g/mol. The van der Waals surface area contributed by atoms with E-state index in [2.05, 4.69) is 26.3 Å². The fourth-order valence-electron chi connectivity index (χ4n) is 2.28. The summed E-state index contributed by atoms with van der Waals surface area (Å²) in [4.78, 5) is 12.4. The Labute approximate surface area is 127 Å². The fourth-order valence-corrected chi connectivity index (χ4v) is 2.90. The SMILES string of the molecule is Cc1nn(C)c(C)c1C(=O)NC(C)c1ccccc1Br. The highest BCUT2D eigenvalue weighted by molar-refractivity contribution is 9.10. The predicted molar refractivity (Wildman–Crippen MR) is 82.7 cm³/mol. The quantitative estimate of drug-likeness (QED) is 0.935. The second-order valence-corrected chi connectivity index (χ2v) is 5.74. The zero-order chi connectivity index (χ0) is 14.9. The third-order valence-corrected chi connectivity index (χ3v) is 4.18. The molecule has 0 aliphatic carbocycles. The van der Waals surface area contributed by atoms with Crippen LogP contribution in [0, 0.1) is 13.8 Å². The summed E-state index contributed by atoms with van der Waals surface area (Å²) in [6.07, 6.45) is 0. The Morgan fingerprint density at radius 2 is 2.00 bits per heavy atom. The van der Waals surface area contributed by atoms with Gasteiger partial charge in [-0.2, -0.15) is 5.10 Å². The van der Waals surface area contributed by atoms with E-state index in [1.165, 1.54) is 0 Å². The number of amides is 1. The summed E-state index contributed by atoms with van der Waals surface area (Å²) in [7, 11) is 1.84. The molecular formula is C15H18BrN3O. The van der Waals surface area contributed by atoms with Crippen molar-refractivity contribution >= 4 is 21.8 Å². The summed E-state index contributed by atoms with van der Waals surface area (Å²) in [5, 5.41) is 7.30. The summed E-state index contributed by atoms with van der Waals surface area (Å²) in [6, 6.07) is 7.81. The largest absolute Gasteiger partial charge is 0.345 e. The number of nitrogens with zero attached hydrogens (tertiary/aromatic N) is 2. The van der Waals surface area contributed by atoms with Crippen LogP contribution in [0.5, 0.6) is 0 Å². The maximum absolute atomic E-state index is 12.4. The van der Waals surface area contributed by atoms with E-state index in [0.29, 0.717) is 5.56 Å². The molecule has 1 amide bonds. The molecule has 106 valence electrons. The second kappa shape index (κ2) is 5.79. The van der Waals surface area contributed by atoms with Gasteiger partial charge >= 0.3 is 0 Å². The first kappa shape index (κ1) is 14.8. The Hall–Kier alpha value is -1.62. The number of hydrogen-bond acceptors (Lipinski definition) is 2. The highest BCUT2D eigenvalue weighted by Crippen LogP contribution is 2.23. The van der Waals surface area contributed by atoms with E-state index >= 15 is 0 Å². The van der Waals surface area contributed by atoms with E-state index in [1.807, 2.05) is 52.1 Å². The lowest BCUT2D eigenvalue weighted by atomic mass is 10.1. The summed E-state index contributed by atoms with van der Waals surface area (Å²) < 4.78 is 2.72. The summed E-state index contributed by atoms with van der Waals surface area (Å²) in [5.74, 6) is -0.0867. The van der Waals surface area contributed by atoms with Crippen LogP contribution in [0.3, 0.4) is 0 Å². The van der Waals surface area contributed by atoms with Crippen LogP contribution in [0.2, 0.25) is 0 Å². The van der Waals surface area contributed by atoms with Gasteiger partial charge in [0.15, 0.2) is 0 Å². The molecule has 0 radical (unpaired) electrons. The minimum absolute atomic E-state index is 0.0721. The molecule has 5 heteroatoms. The van der Waals surface area contributed by atoms with Crippen molar-refractivity contribution in [1.82, 2.24) is 15.1 Å². The number of nitrogens with one attached hydrogen (secondary N) is 1. The summed E-state index contributed by atoms with van der Waals surface area (Å²) >= 11 is 3.51. The molecule has 1 aromatic carbocycles. The first-order chi connectivity index (χ1) is 9.41. The molecule has 1 unspecified atom stereocenters. The summed E-state index contributed by atoms with van der Waals surface area (Å²) in [6.45, 7) is 5.72. The molecule has 0 saturated heterocycles. The normalized spacial score (nSPS) is 12.2. The van der Waals surface area contributed by atoms with Crippen LogP contribution < -0.4 is 5.32 Å². The van der Waals surface area contributed by atoms with Crippen molar-refractivity contribution < 1.29 is 4.79 Å². The number of aromatic nitrogens is 2. The molecule has 4 nitrogen and oxygen atoms in total. The van der Waals surface area contributed by atoms with Crippen molar-refractivity contribution in [2.45, 2.75) is 26.8 Å². The molecule has 1 N–H and O–H groups in total. The zero-order valence-corrected chi connectivity index (χ0v) is 13.7. The molecule has 1 heterocycles. The number of benzene rings is 1. The highest BCUT2D eigenvalue weighted by Gasteiger charge is 2.20. The zero-order valence-electron chi connectivity index (χ0n) is 12.1. The first-order valence-electron chi connectivity index (χ1n) is 6.47. The molecule has 2 aromatic rings. The van der Waals surface area contributed by atoms with Gasteiger partial charge in [0, 0.05) is 17.2 Å². The molecule has 0 spiro atoms. The minimum atomic E-state index is -0.0867. The molecule has 20 heavy (non-hydrogen) atoms. The van der Waals surface area contributed by atoms with Crippen molar-refractivity contribution in [3.63, 3.8) is 0 Å². The Bertz CT molecular complexity index is 649. The molecule has 0 fully saturated rings. The van der Waals surface area contributed by atoms with Gasteiger partial charge in [-0.15, -0.1) is 0 Å². The lowest BCUT2D eigenvalue weighted by Crippen LogP contribution is -2.27. The van der Waals surface area contributed by atoms with Crippen LogP contribution in [0.4, 0.5) is 0 Å². The van der Waals surface area contributed by atoms with Gasteiger partial charge in [-0.1, -0.05) is 34.1 Å². The van der Waals surface area contributed by atoms with E-state index in [9.17, 15) is 4.79 Å². The standard InChI is InChI=1S/C15H18BrN3O/c1-9(12-7-5-6-8-13(12)16)17-15(20)14-10(2)18-19(4)11(14)3/h5-9H,1-4H3,(H,17,20). The number of aryl methyl sites for hydroxylation is 2. The van der Waals surface area contributed by atoms with E-state index in [-0.39, 0.29) is 11.9 Å². The molecule has 1 aromatic heterocycles. The molecule has 0 aliphatic rings. The Morgan fingerprint density at radius 3 is 2.55 bits per heavy atom. The van der Waals surface area contributed by atoms with Gasteiger partial charge in [0.05, 0.1) is 17.3 Å². The van der Waals surface area contributed by atoms with E-state index in [0.717, 1.165) is 21.4 Å². The van der Waals surface area contributed by atoms with Gasteiger partial charge < -0.3 is 5.32 Å². The van der Waals surface area contributed by atoms with E-state index in [1.54, 1.807) is 4.68 Å². The third-order valence-electron chi connectivity index (χ3n) is 3.46. The van der Waals surface area contributed by atoms with Crippen LogP contribution in [-0.2, 0) is 7.05 Å². The van der Waals surface area contributed by atoms with Crippen LogP contribution >= 0.6 is 15.9 Å². The van der Waals surface area contributed by atoms with Crippen molar-refractivity contribution in [2.75, 3.05) is 0 Å². The fraction of sp³-hybridized carbons (Fsp3) is 0.333. The first-order valence-corrected chi connectivity index (χ1v) is 7.26. The van der Waals surface area contributed by atoms with E-state index in [4.69, 9.17) is 0 Å². The minimum Gasteiger partial charge on any atom is -0.345 e. The average Bonchev–Trinajstić information content (AvgIpc) is 2.63. The lowest BCUT2D eigenvalue weighted by molar-refractivity contribution is 0.0938. The van der Waals surface area contributed by atoms with Crippen molar-refractivity contribution in [2.24, 2.45) is 7.05 Å². The monoisotopic (exact) mass is 335 g/mol. The lowest BCUT2D eigenvalue weighted by Gasteiger charge is -2.16. The molecule has 1 atom stereocenters. The van der Waals surface area contributed by atoms with Crippen LogP contribution in [-0.4, -0.2) is 15.7 Å². The molecule has 0 saturated carbocycles.